The topological polar surface area (TPSA) is 66.8 Å². The lowest BCUT2D eigenvalue weighted by atomic mass is 10.0. The van der Waals surface area contributed by atoms with Crippen molar-refractivity contribution >= 4 is 23.5 Å². The van der Waals surface area contributed by atoms with Crippen LogP contribution in [0.25, 0.3) is 11.1 Å². The Labute approximate surface area is 182 Å². The third-order valence-electron chi connectivity index (χ3n) is 4.97. The first-order chi connectivity index (χ1) is 15.0. The van der Waals surface area contributed by atoms with Crippen LogP contribution in [0.3, 0.4) is 0 Å². The normalized spacial score (nSPS) is 16.9. The van der Waals surface area contributed by atoms with Crippen molar-refractivity contribution < 1.29 is 45.8 Å². The predicted molar refractivity (Wildman–Crippen MR) is 99.1 cm³/mol. The largest absolute Gasteiger partial charge is 0.480 e. The van der Waals surface area contributed by atoms with Crippen LogP contribution in [0.5, 0.6) is 5.75 Å². The molecule has 3 rings (SSSR count). The smallest absolute Gasteiger partial charge is 0.326 e. The Kier molecular flexibility index (Phi) is 6.59. The van der Waals surface area contributed by atoms with Gasteiger partial charge in [-0.3, -0.25) is 4.79 Å². The summed E-state index contributed by atoms with van der Waals surface area (Å²) in [6.07, 6.45) is -0.686. The second-order valence-electron chi connectivity index (χ2n) is 7.00. The van der Waals surface area contributed by atoms with Gasteiger partial charge in [-0.1, -0.05) is 11.6 Å². The van der Waals surface area contributed by atoms with Gasteiger partial charge in [0.05, 0.1) is 10.6 Å². The highest BCUT2D eigenvalue weighted by Crippen LogP contribution is 2.38. The zero-order valence-corrected chi connectivity index (χ0v) is 17.0. The first kappa shape index (κ1) is 23.7. The van der Waals surface area contributed by atoms with E-state index in [0.717, 1.165) is 4.90 Å². The summed E-state index contributed by atoms with van der Waals surface area (Å²) in [5.74, 6) is -15.3. The summed E-state index contributed by atoms with van der Waals surface area (Å²) in [4.78, 5) is 24.9. The maximum atomic E-state index is 14.4. The molecule has 2 atom stereocenters. The van der Waals surface area contributed by atoms with Crippen LogP contribution in [0.1, 0.15) is 19.8 Å². The highest BCUT2D eigenvalue weighted by molar-refractivity contribution is 6.32. The van der Waals surface area contributed by atoms with Crippen molar-refractivity contribution in [2.24, 2.45) is 0 Å². The molecule has 1 N–H and O–H groups in total. The van der Waals surface area contributed by atoms with Gasteiger partial charge in [-0.15, -0.1) is 0 Å². The molecule has 1 saturated heterocycles. The minimum atomic E-state index is -2.41. The number of halogens is 7. The zero-order chi connectivity index (χ0) is 23.9. The molecule has 1 amide bonds. The molecular formula is C20H14ClF6NO4. The summed E-state index contributed by atoms with van der Waals surface area (Å²) in [6.45, 7) is 1.38. The third-order valence-corrected chi connectivity index (χ3v) is 5.27. The Morgan fingerprint density at radius 1 is 1.06 bits per heavy atom. The monoisotopic (exact) mass is 481 g/mol. The van der Waals surface area contributed by atoms with Gasteiger partial charge in [0.2, 0.25) is 5.82 Å². The first-order valence-electron chi connectivity index (χ1n) is 9.16. The van der Waals surface area contributed by atoms with Crippen LogP contribution in [0.4, 0.5) is 26.3 Å². The summed E-state index contributed by atoms with van der Waals surface area (Å²) in [5, 5.41) is 8.75. The van der Waals surface area contributed by atoms with Crippen LogP contribution in [0.2, 0.25) is 5.02 Å². The van der Waals surface area contributed by atoms with E-state index in [1.54, 1.807) is 0 Å². The zero-order valence-electron chi connectivity index (χ0n) is 16.2. The van der Waals surface area contributed by atoms with E-state index in [4.69, 9.17) is 16.3 Å². The Morgan fingerprint density at radius 2 is 1.62 bits per heavy atom. The summed E-state index contributed by atoms with van der Waals surface area (Å²) in [6, 6.07) is 0.0524. The van der Waals surface area contributed by atoms with Crippen LogP contribution in [0.15, 0.2) is 12.1 Å². The molecule has 0 aliphatic carbocycles. The number of ether oxygens (including phenoxy) is 1. The molecule has 1 aliphatic rings. The van der Waals surface area contributed by atoms with Crippen LogP contribution >= 0.6 is 11.6 Å². The number of benzene rings is 2. The SMILES string of the molecule is C[C@@H](Oc1cc(-c2c(F)c(F)c(F)c(F)c2F)c(F)cc1Cl)C(=O)N1CCC[C@H]1C(=O)O. The molecule has 1 aliphatic heterocycles. The summed E-state index contributed by atoms with van der Waals surface area (Å²) in [5.41, 5.74) is -2.58. The molecule has 1 fully saturated rings. The van der Waals surface area contributed by atoms with Crippen molar-refractivity contribution in [1.82, 2.24) is 4.90 Å². The van der Waals surface area contributed by atoms with Gasteiger partial charge in [0.25, 0.3) is 5.91 Å². The Morgan fingerprint density at radius 3 is 2.19 bits per heavy atom. The van der Waals surface area contributed by atoms with E-state index in [2.05, 4.69) is 0 Å². The molecule has 2 aromatic rings. The van der Waals surface area contributed by atoms with E-state index < -0.39 is 80.8 Å². The number of carbonyl (C=O) groups is 2. The predicted octanol–water partition coefficient (Wildman–Crippen LogP) is 4.68. The van der Waals surface area contributed by atoms with E-state index in [-0.39, 0.29) is 13.0 Å². The van der Waals surface area contributed by atoms with Crippen molar-refractivity contribution in [3.8, 4) is 16.9 Å². The molecule has 0 spiro atoms. The lowest BCUT2D eigenvalue weighted by Crippen LogP contribution is -2.46. The molecule has 5 nitrogen and oxygen atoms in total. The van der Waals surface area contributed by atoms with Crippen LogP contribution in [-0.2, 0) is 9.59 Å². The summed E-state index contributed by atoms with van der Waals surface area (Å²) < 4.78 is 88.4. The minimum absolute atomic E-state index is 0.149. The molecule has 0 unspecified atom stereocenters. The van der Waals surface area contributed by atoms with Gasteiger partial charge < -0.3 is 14.7 Å². The standard InChI is InChI=1S/C20H14ClF6NO4/c1-7(19(29)28-4-2-3-11(28)20(30)31)32-12-5-8(10(22)6-9(12)21)13-14(23)16(25)18(27)17(26)15(13)24/h5-7,11H,2-4H2,1H3,(H,30,31)/t7-,11+/m1/s1. The van der Waals surface area contributed by atoms with E-state index >= 15 is 0 Å². The molecule has 172 valence electrons. The maximum absolute atomic E-state index is 14.4. The van der Waals surface area contributed by atoms with Crippen LogP contribution in [0, 0.1) is 34.9 Å². The third kappa shape index (κ3) is 4.08. The van der Waals surface area contributed by atoms with E-state index in [1.165, 1.54) is 6.92 Å². The molecule has 0 radical (unpaired) electrons. The molecule has 12 heteroatoms. The Balaban J connectivity index is 1.99. The molecule has 32 heavy (non-hydrogen) atoms. The molecule has 2 aromatic carbocycles. The van der Waals surface area contributed by atoms with Crippen molar-refractivity contribution in [3.05, 3.63) is 52.1 Å². The maximum Gasteiger partial charge on any atom is 0.326 e. The van der Waals surface area contributed by atoms with Gasteiger partial charge in [-0.25, -0.2) is 31.1 Å². The molecule has 0 saturated carbocycles. The van der Waals surface area contributed by atoms with E-state index in [1.807, 2.05) is 0 Å². The van der Waals surface area contributed by atoms with Crippen molar-refractivity contribution in [2.75, 3.05) is 6.54 Å². The second-order valence-corrected chi connectivity index (χ2v) is 7.40. The average molecular weight is 482 g/mol. The van der Waals surface area contributed by atoms with E-state index in [0.29, 0.717) is 18.6 Å². The lowest BCUT2D eigenvalue weighted by Gasteiger charge is -2.25. The molecule has 0 bridgehead atoms. The average Bonchev–Trinajstić information content (AvgIpc) is 3.23. The number of aliphatic carboxylic acids is 1. The van der Waals surface area contributed by atoms with Gasteiger partial charge >= 0.3 is 5.97 Å². The summed E-state index contributed by atoms with van der Waals surface area (Å²) >= 11 is 5.86. The fourth-order valence-corrected chi connectivity index (χ4v) is 3.61. The number of hydrogen-bond donors (Lipinski definition) is 1. The fourth-order valence-electron chi connectivity index (χ4n) is 3.41. The number of rotatable bonds is 5. The van der Waals surface area contributed by atoms with Gasteiger partial charge in [-0.05, 0) is 31.9 Å². The van der Waals surface area contributed by atoms with Crippen molar-refractivity contribution in [2.45, 2.75) is 31.9 Å². The number of likely N-dealkylation sites (tertiary alicyclic amines) is 1. The molecule has 1 heterocycles. The van der Waals surface area contributed by atoms with Crippen LogP contribution < -0.4 is 4.74 Å². The number of carboxylic acids is 1. The minimum Gasteiger partial charge on any atom is -0.480 e. The van der Waals surface area contributed by atoms with Gasteiger partial charge in [0, 0.05) is 12.1 Å². The highest BCUT2D eigenvalue weighted by atomic mass is 35.5. The number of nitrogens with zero attached hydrogens (tertiary/aromatic N) is 1. The quantitative estimate of drug-likeness (QED) is 0.382. The van der Waals surface area contributed by atoms with Crippen molar-refractivity contribution in [3.63, 3.8) is 0 Å². The number of carboxylic acid groups (broad SMARTS) is 1. The van der Waals surface area contributed by atoms with E-state index in [9.17, 15) is 41.0 Å². The first-order valence-corrected chi connectivity index (χ1v) is 9.54. The molecular weight excluding hydrogens is 468 g/mol. The van der Waals surface area contributed by atoms with Gasteiger partial charge in [0.15, 0.2) is 29.4 Å². The number of amides is 1. The summed E-state index contributed by atoms with van der Waals surface area (Å²) in [7, 11) is 0. The lowest BCUT2D eigenvalue weighted by molar-refractivity contribution is -0.150. The van der Waals surface area contributed by atoms with Crippen molar-refractivity contribution in [1.29, 1.82) is 0 Å². The van der Waals surface area contributed by atoms with Crippen LogP contribution in [-0.4, -0.2) is 40.6 Å². The number of carbonyl (C=O) groups excluding carboxylic acids is 1. The Bertz CT molecular complexity index is 1080. The second kappa shape index (κ2) is 8.89. The fraction of sp³-hybridized carbons (Fsp3) is 0.300. The number of hydrogen-bond acceptors (Lipinski definition) is 3. The Hall–Kier alpha value is -2.95. The van der Waals surface area contributed by atoms with Gasteiger partial charge in [-0.2, -0.15) is 0 Å². The van der Waals surface area contributed by atoms with Gasteiger partial charge in [0.1, 0.15) is 17.6 Å². The molecule has 0 aromatic heterocycles. The highest BCUT2D eigenvalue weighted by Gasteiger charge is 2.37.